The van der Waals surface area contributed by atoms with Crippen LogP contribution in [-0.4, -0.2) is 22.1 Å². The van der Waals surface area contributed by atoms with Gasteiger partial charge in [-0.05, 0) is 36.6 Å². The Balaban J connectivity index is 2.42. The summed E-state index contributed by atoms with van der Waals surface area (Å²) >= 11 is 0. The van der Waals surface area contributed by atoms with Crippen molar-refractivity contribution in [3.63, 3.8) is 0 Å². The molecule has 4 nitrogen and oxygen atoms in total. The molecule has 0 radical (unpaired) electrons. The van der Waals surface area contributed by atoms with Crippen LogP contribution < -0.4 is 5.73 Å². The first-order chi connectivity index (χ1) is 7.99. The molecule has 0 saturated heterocycles. The number of H-pyrrole nitrogens is 1. The number of aryl methyl sites for hydroxylation is 1. The number of aromatic amines is 1. The maximum atomic E-state index is 13.7. The third-order valence-electron chi connectivity index (χ3n) is 2.78. The summed E-state index contributed by atoms with van der Waals surface area (Å²) in [6.45, 7) is 1.86. The van der Waals surface area contributed by atoms with E-state index in [-0.39, 0.29) is 12.2 Å². The van der Waals surface area contributed by atoms with Crippen LogP contribution in [0.5, 0.6) is 0 Å². The maximum Gasteiger partial charge on any atom is 0.320 e. The minimum atomic E-state index is -1.09. The van der Waals surface area contributed by atoms with Gasteiger partial charge < -0.3 is 15.8 Å². The van der Waals surface area contributed by atoms with Gasteiger partial charge in [-0.15, -0.1) is 0 Å². The van der Waals surface area contributed by atoms with E-state index in [1.165, 1.54) is 6.07 Å². The van der Waals surface area contributed by atoms with Crippen LogP contribution in [0.2, 0.25) is 0 Å². The lowest BCUT2D eigenvalue weighted by Gasteiger charge is -2.07. The fourth-order valence-corrected chi connectivity index (χ4v) is 1.84. The Kier molecular flexibility index (Phi) is 2.85. The highest BCUT2D eigenvalue weighted by Gasteiger charge is 2.14. The highest BCUT2D eigenvalue weighted by atomic mass is 19.1. The number of aromatic nitrogens is 1. The molecule has 1 unspecified atom stereocenters. The molecule has 0 fully saturated rings. The average Bonchev–Trinajstić information content (AvgIpc) is 2.61. The number of nitrogens with one attached hydrogen (secondary N) is 1. The predicted octanol–water partition coefficient (Wildman–Crippen LogP) is 1.57. The lowest BCUT2D eigenvalue weighted by atomic mass is 10.0. The van der Waals surface area contributed by atoms with Crippen molar-refractivity contribution in [1.82, 2.24) is 4.98 Å². The summed E-state index contributed by atoms with van der Waals surface area (Å²) in [6, 6.07) is 2.08. The number of carboxylic acid groups (broad SMARTS) is 1. The molecule has 1 aromatic heterocycles. The van der Waals surface area contributed by atoms with Gasteiger partial charge in [-0.2, -0.15) is 0 Å². The zero-order valence-corrected chi connectivity index (χ0v) is 9.33. The van der Waals surface area contributed by atoms with E-state index < -0.39 is 12.0 Å². The molecule has 0 aliphatic rings. The van der Waals surface area contributed by atoms with Crippen LogP contribution in [0, 0.1) is 12.7 Å². The van der Waals surface area contributed by atoms with E-state index in [0.717, 1.165) is 10.9 Å². The third kappa shape index (κ3) is 2.14. The molecule has 90 valence electrons. The highest BCUT2D eigenvalue weighted by molar-refractivity contribution is 5.84. The van der Waals surface area contributed by atoms with Crippen LogP contribution in [-0.2, 0) is 11.2 Å². The van der Waals surface area contributed by atoms with E-state index in [2.05, 4.69) is 4.98 Å². The second-order valence-corrected chi connectivity index (χ2v) is 4.12. The molecule has 2 aromatic rings. The molecule has 0 aliphatic heterocycles. The average molecular weight is 236 g/mol. The first kappa shape index (κ1) is 11.6. The van der Waals surface area contributed by atoms with Crippen LogP contribution >= 0.6 is 0 Å². The molecule has 17 heavy (non-hydrogen) atoms. The van der Waals surface area contributed by atoms with Crippen LogP contribution in [0.15, 0.2) is 18.3 Å². The number of carbonyl (C=O) groups is 1. The van der Waals surface area contributed by atoms with Crippen LogP contribution in [0.25, 0.3) is 10.9 Å². The van der Waals surface area contributed by atoms with Crippen molar-refractivity contribution in [1.29, 1.82) is 0 Å². The Hall–Kier alpha value is -1.88. The Morgan fingerprint density at radius 1 is 1.59 bits per heavy atom. The van der Waals surface area contributed by atoms with Crippen molar-refractivity contribution in [2.24, 2.45) is 5.73 Å². The Bertz CT molecular complexity index is 577. The van der Waals surface area contributed by atoms with Crippen molar-refractivity contribution in [2.45, 2.75) is 19.4 Å². The predicted molar refractivity (Wildman–Crippen MR) is 62.3 cm³/mol. The Morgan fingerprint density at radius 2 is 2.29 bits per heavy atom. The molecular weight excluding hydrogens is 223 g/mol. The number of hydrogen-bond acceptors (Lipinski definition) is 2. The molecule has 0 aliphatic carbocycles. The number of hydrogen-bond donors (Lipinski definition) is 3. The molecular formula is C12H13FN2O2. The van der Waals surface area contributed by atoms with Crippen molar-refractivity contribution in [2.75, 3.05) is 0 Å². The number of benzene rings is 1. The molecule has 1 aromatic carbocycles. The van der Waals surface area contributed by atoms with Gasteiger partial charge in [-0.1, -0.05) is 0 Å². The number of halogens is 1. The molecule has 5 heteroatoms. The standard InChI is InChI=1S/C12H13FN2O2/c1-6-5-15-11-8(6)2-7(3-9(11)13)4-10(14)12(16)17/h2-3,5,10,15H,4,14H2,1H3,(H,16,17). The zero-order valence-electron chi connectivity index (χ0n) is 9.33. The van der Waals surface area contributed by atoms with E-state index in [1.54, 1.807) is 12.3 Å². The monoisotopic (exact) mass is 236 g/mol. The summed E-state index contributed by atoms with van der Waals surface area (Å²) in [6.07, 6.45) is 1.83. The second-order valence-electron chi connectivity index (χ2n) is 4.12. The minimum Gasteiger partial charge on any atom is -0.480 e. The lowest BCUT2D eigenvalue weighted by molar-refractivity contribution is -0.138. The highest BCUT2D eigenvalue weighted by Crippen LogP contribution is 2.22. The van der Waals surface area contributed by atoms with E-state index in [0.29, 0.717) is 11.1 Å². The van der Waals surface area contributed by atoms with Gasteiger partial charge in [-0.3, -0.25) is 4.79 Å². The first-order valence-corrected chi connectivity index (χ1v) is 5.23. The lowest BCUT2D eigenvalue weighted by Crippen LogP contribution is -2.32. The Morgan fingerprint density at radius 3 is 2.94 bits per heavy atom. The number of aliphatic carboxylic acids is 1. The quantitative estimate of drug-likeness (QED) is 0.756. The van der Waals surface area contributed by atoms with Gasteiger partial charge in [0.1, 0.15) is 11.9 Å². The molecule has 1 heterocycles. The molecule has 2 rings (SSSR count). The van der Waals surface area contributed by atoms with Crippen molar-refractivity contribution in [3.8, 4) is 0 Å². The van der Waals surface area contributed by atoms with Gasteiger partial charge in [0.15, 0.2) is 0 Å². The van der Waals surface area contributed by atoms with Crippen molar-refractivity contribution < 1.29 is 14.3 Å². The van der Waals surface area contributed by atoms with E-state index in [9.17, 15) is 9.18 Å². The van der Waals surface area contributed by atoms with Gasteiger partial charge in [0.2, 0.25) is 0 Å². The SMILES string of the molecule is Cc1c[nH]c2c(F)cc(CC(N)C(=O)O)cc12. The molecule has 4 N–H and O–H groups in total. The van der Waals surface area contributed by atoms with Crippen LogP contribution in [0.1, 0.15) is 11.1 Å². The number of rotatable bonds is 3. The van der Waals surface area contributed by atoms with Gasteiger partial charge in [-0.25, -0.2) is 4.39 Å². The smallest absolute Gasteiger partial charge is 0.320 e. The first-order valence-electron chi connectivity index (χ1n) is 5.23. The normalized spacial score (nSPS) is 12.9. The Labute approximate surface area is 97.2 Å². The molecule has 0 bridgehead atoms. The molecule has 0 saturated carbocycles. The fourth-order valence-electron chi connectivity index (χ4n) is 1.84. The fraction of sp³-hybridized carbons (Fsp3) is 0.250. The largest absolute Gasteiger partial charge is 0.480 e. The van der Waals surface area contributed by atoms with Gasteiger partial charge in [0, 0.05) is 11.6 Å². The van der Waals surface area contributed by atoms with Gasteiger partial charge in [0.25, 0.3) is 0 Å². The second kappa shape index (κ2) is 4.18. The summed E-state index contributed by atoms with van der Waals surface area (Å²) in [4.78, 5) is 13.5. The van der Waals surface area contributed by atoms with Crippen molar-refractivity contribution >= 4 is 16.9 Å². The summed E-state index contributed by atoms with van der Waals surface area (Å²) in [5.41, 5.74) is 7.38. The van der Waals surface area contributed by atoms with Crippen molar-refractivity contribution in [3.05, 3.63) is 35.3 Å². The topological polar surface area (TPSA) is 79.1 Å². The third-order valence-corrected chi connectivity index (χ3v) is 2.78. The number of fused-ring (bicyclic) bond motifs is 1. The van der Waals surface area contributed by atoms with E-state index in [1.807, 2.05) is 6.92 Å². The number of carboxylic acids is 1. The zero-order chi connectivity index (χ0) is 12.6. The van der Waals surface area contributed by atoms with Crippen LogP contribution in [0.4, 0.5) is 4.39 Å². The number of nitrogens with two attached hydrogens (primary N) is 1. The summed E-state index contributed by atoms with van der Waals surface area (Å²) in [5.74, 6) is -1.47. The minimum absolute atomic E-state index is 0.118. The maximum absolute atomic E-state index is 13.7. The summed E-state index contributed by atoms with van der Waals surface area (Å²) < 4.78 is 13.7. The molecule has 0 amide bonds. The van der Waals surface area contributed by atoms with E-state index >= 15 is 0 Å². The van der Waals surface area contributed by atoms with Gasteiger partial charge >= 0.3 is 5.97 Å². The van der Waals surface area contributed by atoms with E-state index in [4.69, 9.17) is 10.8 Å². The van der Waals surface area contributed by atoms with Crippen LogP contribution in [0.3, 0.4) is 0 Å². The molecule has 0 spiro atoms. The summed E-state index contributed by atoms with van der Waals surface area (Å²) in [7, 11) is 0. The van der Waals surface area contributed by atoms with Gasteiger partial charge in [0.05, 0.1) is 5.52 Å². The molecule has 1 atom stereocenters. The summed E-state index contributed by atoms with van der Waals surface area (Å²) in [5, 5.41) is 9.48.